The maximum absolute atomic E-state index is 10.8. The molecule has 0 bridgehead atoms. The summed E-state index contributed by atoms with van der Waals surface area (Å²) in [6.45, 7) is -0.0361. The molecule has 0 saturated heterocycles. The molecule has 0 amide bonds. The van der Waals surface area contributed by atoms with Gasteiger partial charge in [0.15, 0.2) is 0 Å². The van der Waals surface area contributed by atoms with Crippen molar-refractivity contribution in [2.45, 2.75) is 12.0 Å². The predicted octanol–water partition coefficient (Wildman–Crippen LogP) is -1.13. The second-order valence-electron chi connectivity index (χ2n) is 2.62. The molecule has 4 nitrogen and oxygen atoms in total. The van der Waals surface area contributed by atoms with Gasteiger partial charge < -0.3 is 15.6 Å². The number of esters is 1. The van der Waals surface area contributed by atoms with E-state index in [-0.39, 0.29) is 12.5 Å². The van der Waals surface area contributed by atoms with E-state index in [9.17, 15) is 4.79 Å². The van der Waals surface area contributed by atoms with Crippen LogP contribution in [0, 0.1) is 5.92 Å². The van der Waals surface area contributed by atoms with Crippen LogP contribution in [0.5, 0.6) is 0 Å². The molecule has 0 aromatic carbocycles. The smallest absolute Gasteiger partial charge is 0.326 e. The molecule has 0 spiro atoms. The summed E-state index contributed by atoms with van der Waals surface area (Å²) in [5.41, 5.74) is 4.64. The van der Waals surface area contributed by atoms with E-state index < -0.39 is 11.5 Å². The summed E-state index contributed by atoms with van der Waals surface area (Å²) in [7, 11) is 1.30. The Morgan fingerprint density at radius 2 is 2.60 bits per heavy atom. The van der Waals surface area contributed by atoms with Gasteiger partial charge in [-0.2, -0.15) is 0 Å². The van der Waals surface area contributed by atoms with Crippen LogP contribution >= 0.6 is 0 Å². The molecule has 10 heavy (non-hydrogen) atoms. The van der Waals surface area contributed by atoms with Gasteiger partial charge in [0.05, 0.1) is 7.11 Å². The molecule has 0 aromatic heterocycles. The van der Waals surface area contributed by atoms with Gasteiger partial charge in [0.1, 0.15) is 5.54 Å². The van der Waals surface area contributed by atoms with E-state index in [1.165, 1.54) is 7.11 Å². The molecule has 0 radical (unpaired) electrons. The molecule has 0 aliphatic heterocycles. The Morgan fingerprint density at radius 3 is 2.90 bits per heavy atom. The highest BCUT2D eigenvalue weighted by Crippen LogP contribution is 2.41. The molecular formula is C6H11NO3. The fourth-order valence-corrected chi connectivity index (χ4v) is 1.02. The van der Waals surface area contributed by atoms with Crippen LogP contribution in [0.2, 0.25) is 0 Å². The van der Waals surface area contributed by atoms with Crippen molar-refractivity contribution in [1.29, 1.82) is 0 Å². The first-order chi connectivity index (χ1) is 4.65. The van der Waals surface area contributed by atoms with Crippen molar-refractivity contribution in [3.63, 3.8) is 0 Å². The Balaban J connectivity index is 2.50. The standard InChI is InChI=1S/C6H11NO3/c1-10-5(9)6(7)2-4(6)3-8/h4,8H,2-3,7H2,1H3. The Labute approximate surface area is 59.0 Å². The van der Waals surface area contributed by atoms with Crippen LogP contribution in [0.3, 0.4) is 0 Å². The van der Waals surface area contributed by atoms with Gasteiger partial charge in [-0.25, -0.2) is 0 Å². The van der Waals surface area contributed by atoms with Crippen LogP contribution < -0.4 is 5.73 Å². The van der Waals surface area contributed by atoms with Gasteiger partial charge in [-0.1, -0.05) is 0 Å². The zero-order valence-electron chi connectivity index (χ0n) is 5.83. The van der Waals surface area contributed by atoms with Crippen LogP contribution in [0.15, 0.2) is 0 Å². The normalized spacial score (nSPS) is 37.3. The maximum atomic E-state index is 10.8. The van der Waals surface area contributed by atoms with Gasteiger partial charge in [0.2, 0.25) is 0 Å². The van der Waals surface area contributed by atoms with Crippen molar-refractivity contribution in [2.24, 2.45) is 11.7 Å². The fourth-order valence-electron chi connectivity index (χ4n) is 1.02. The van der Waals surface area contributed by atoms with Crippen molar-refractivity contribution < 1.29 is 14.6 Å². The van der Waals surface area contributed by atoms with Crippen molar-refractivity contribution in [1.82, 2.24) is 0 Å². The second-order valence-corrected chi connectivity index (χ2v) is 2.62. The molecule has 2 unspecified atom stereocenters. The van der Waals surface area contributed by atoms with E-state index in [0.29, 0.717) is 6.42 Å². The van der Waals surface area contributed by atoms with E-state index in [0.717, 1.165) is 0 Å². The number of methoxy groups -OCH3 is 1. The van der Waals surface area contributed by atoms with Crippen LogP contribution in [0.25, 0.3) is 0 Å². The minimum atomic E-state index is -0.885. The third-order valence-electron chi connectivity index (χ3n) is 1.94. The first-order valence-electron chi connectivity index (χ1n) is 3.13. The summed E-state index contributed by atoms with van der Waals surface area (Å²) in [5, 5.41) is 8.60. The largest absolute Gasteiger partial charge is 0.468 e. The second kappa shape index (κ2) is 2.21. The Hall–Kier alpha value is -0.610. The van der Waals surface area contributed by atoms with Crippen LogP contribution in [0.4, 0.5) is 0 Å². The highest BCUT2D eigenvalue weighted by atomic mass is 16.5. The molecule has 1 fully saturated rings. The lowest BCUT2D eigenvalue weighted by molar-refractivity contribution is -0.143. The summed E-state index contributed by atoms with van der Waals surface area (Å²) < 4.78 is 4.43. The minimum Gasteiger partial charge on any atom is -0.468 e. The van der Waals surface area contributed by atoms with E-state index in [1.807, 2.05) is 0 Å². The van der Waals surface area contributed by atoms with Gasteiger partial charge in [-0.15, -0.1) is 0 Å². The summed E-state index contributed by atoms with van der Waals surface area (Å²) in [6.07, 6.45) is 0.538. The van der Waals surface area contributed by atoms with E-state index in [2.05, 4.69) is 4.74 Å². The van der Waals surface area contributed by atoms with Crippen molar-refractivity contribution >= 4 is 5.97 Å². The number of hydrogen-bond acceptors (Lipinski definition) is 4. The molecule has 1 aliphatic carbocycles. The third kappa shape index (κ3) is 0.892. The van der Waals surface area contributed by atoms with E-state index in [4.69, 9.17) is 10.8 Å². The fraction of sp³-hybridized carbons (Fsp3) is 0.833. The van der Waals surface area contributed by atoms with Gasteiger partial charge in [-0.05, 0) is 6.42 Å². The Morgan fingerprint density at radius 1 is 2.00 bits per heavy atom. The van der Waals surface area contributed by atoms with Crippen molar-refractivity contribution in [3.8, 4) is 0 Å². The number of nitrogens with two attached hydrogens (primary N) is 1. The minimum absolute atomic E-state index is 0.0361. The Bertz CT molecular complexity index is 159. The average Bonchev–Trinajstić information content (AvgIpc) is 2.61. The lowest BCUT2D eigenvalue weighted by atomic mass is 10.2. The molecule has 2 atom stereocenters. The summed E-state index contributed by atoms with van der Waals surface area (Å²) in [4.78, 5) is 10.8. The average molecular weight is 145 g/mol. The zero-order chi connectivity index (χ0) is 7.78. The topological polar surface area (TPSA) is 72.5 Å². The Kier molecular flexibility index (Phi) is 1.66. The first-order valence-corrected chi connectivity index (χ1v) is 3.13. The molecular weight excluding hydrogens is 134 g/mol. The summed E-state index contributed by atoms with van der Waals surface area (Å²) in [5.74, 6) is -0.522. The molecule has 58 valence electrons. The molecule has 0 aromatic rings. The molecule has 0 heterocycles. The summed E-state index contributed by atoms with van der Waals surface area (Å²) in [6, 6.07) is 0. The maximum Gasteiger partial charge on any atom is 0.326 e. The third-order valence-corrected chi connectivity index (χ3v) is 1.94. The SMILES string of the molecule is COC(=O)C1(N)CC1CO. The van der Waals surface area contributed by atoms with E-state index in [1.54, 1.807) is 0 Å². The van der Waals surface area contributed by atoms with E-state index >= 15 is 0 Å². The van der Waals surface area contributed by atoms with Crippen LogP contribution in [0.1, 0.15) is 6.42 Å². The predicted molar refractivity (Wildman–Crippen MR) is 34.1 cm³/mol. The quantitative estimate of drug-likeness (QED) is 0.482. The number of aliphatic hydroxyl groups excluding tert-OH is 1. The monoisotopic (exact) mass is 145 g/mol. The van der Waals surface area contributed by atoms with Gasteiger partial charge in [0, 0.05) is 12.5 Å². The van der Waals surface area contributed by atoms with Gasteiger partial charge in [-0.3, -0.25) is 4.79 Å². The molecule has 3 N–H and O–H groups in total. The first kappa shape index (κ1) is 7.50. The number of rotatable bonds is 2. The zero-order valence-corrected chi connectivity index (χ0v) is 5.83. The molecule has 1 rings (SSSR count). The van der Waals surface area contributed by atoms with Crippen molar-refractivity contribution in [2.75, 3.05) is 13.7 Å². The van der Waals surface area contributed by atoms with Crippen molar-refractivity contribution in [3.05, 3.63) is 0 Å². The summed E-state index contributed by atoms with van der Waals surface area (Å²) >= 11 is 0. The number of aliphatic hydroxyl groups is 1. The number of carbonyl (C=O) groups is 1. The highest BCUT2D eigenvalue weighted by Gasteiger charge is 2.57. The van der Waals surface area contributed by atoms with Crippen LogP contribution in [-0.4, -0.2) is 30.3 Å². The number of ether oxygens (including phenoxy) is 1. The highest BCUT2D eigenvalue weighted by molar-refractivity contribution is 5.84. The molecule has 4 heteroatoms. The van der Waals surface area contributed by atoms with Crippen LogP contribution in [-0.2, 0) is 9.53 Å². The molecule has 1 aliphatic rings. The van der Waals surface area contributed by atoms with Gasteiger partial charge in [0.25, 0.3) is 0 Å². The van der Waals surface area contributed by atoms with Gasteiger partial charge >= 0.3 is 5.97 Å². The lowest BCUT2D eigenvalue weighted by Gasteiger charge is -2.05. The number of hydrogen-bond donors (Lipinski definition) is 2. The lowest BCUT2D eigenvalue weighted by Crippen LogP contribution is -2.37. The molecule has 1 saturated carbocycles. The number of carbonyl (C=O) groups excluding carboxylic acids is 1.